The quantitative estimate of drug-likeness (QED) is 0.495. The second-order valence-corrected chi connectivity index (χ2v) is 6.07. The molecule has 0 atom stereocenters. The van der Waals surface area contributed by atoms with Crippen LogP contribution < -0.4 is 16.2 Å². The zero-order valence-electron chi connectivity index (χ0n) is 14.6. The van der Waals surface area contributed by atoms with Crippen LogP contribution in [-0.4, -0.2) is 29.3 Å². The number of hydrogen-bond acceptors (Lipinski definition) is 3. The number of benzene rings is 2. The number of carbonyl (C=O) groups excluding carboxylic acids is 3. The number of aromatic nitrogens is 1. The van der Waals surface area contributed by atoms with Gasteiger partial charge in [-0.25, -0.2) is 0 Å². The molecule has 0 aliphatic carbocycles. The first kappa shape index (κ1) is 18.2. The number of aromatic amines is 1. The summed E-state index contributed by atoms with van der Waals surface area (Å²) in [6, 6.07) is 16.9. The topological polar surface area (TPSA) is 103 Å². The number of carbonyl (C=O) groups is 3. The Bertz CT molecular complexity index is 950. The molecule has 4 N–H and O–H groups in total. The van der Waals surface area contributed by atoms with Gasteiger partial charge in [0, 0.05) is 17.1 Å². The third-order valence-electron chi connectivity index (χ3n) is 4.02. The zero-order valence-corrected chi connectivity index (χ0v) is 14.6. The molecule has 3 amide bonds. The van der Waals surface area contributed by atoms with E-state index in [1.165, 1.54) is 0 Å². The average molecular weight is 364 g/mol. The van der Waals surface area contributed by atoms with Crippen LogP contribution in [0.25, 0.3) is 10.9 Å². The minimum Gasteiger partial charge on any atom is -0.361 e. The van der Waals surface area contributed by atoms with Crippen LogP contribution in [0, 0.1) is 0 Å². The van der Waals surface area contributed by atoms with Crippen molar-refractivity contribution >= 4 is 28.6 Å². The van der Waals surface area contributed by atoms with Gasteiger partial charge in [0.15, 0.2) is 0 Å². The molecule has 0 saturated heterocycles. The molecule has 2 aromatic carbocycles. The highest BCUT2D eigenvalue weighted by atomic mass is 16.2. The van der Waals surface area contributed by atoms with Crippen LogP contribution in [0.2, 0.25) is 0 Å². The summed E-state index contributed by atoms with van der Waals surface area (Å²) in [5.41, 5.74) is 7.31. The molecule has 27 heavy (non-hydrogen) atoms. The maximum atomic E-state index is 12.0. The Morgan fingerprint density at radius 1 is 0.778 bits per heavy atom. The van der Waals surface area contributed by atoms with Crippen molar-refractivity contribution in [2.24, 2.45) is 0 Å². The fraction of sp³-hybridized carbons (Fsp3) is 0.150. The highest BCUT2D eigenvalue weighted by Gasteiger charge is 2.10. The Hall–Kier alpha value is -3.61. The molecule has 0 unspecified atom stereocenters. The summed E-state index contributed by atoms with van der Waals surface area (Å²) < 4.78 is 0. The second kappa shape index (κ2) is 8.66. The summed E-state index contributed by atoms with van der Waals surface area (Å²) in [7, 11) is 0. The first-order chi connectivity index (χ1) is 13.1. The van der Waals surface area contributed by atoms with Gasteiger partial charge in [-0.15, -0.1) is 0 Å². The fourth-order valence-corrected chi connectivity index (χ4v) is 2.70. The first-order valence-corrected chi connectivity index (χ1v) is 8.55. The lowest BCUT2D eigenvalue weighted by Crippen LogP contribution is -2.47. The van der Waals surface area contributed by atoms with Gasteiger partial charge in [-0.05, 0) is 17.2 Å². The SMILES string of the molecule is O=C(Cc1ccccc1)NCC(=O)NNC(=O)Cc1c[nH]c2ccccc12. The van der Waals surface area contributed by atoms with Crippen molar-refractivity contribution < 1.29 is 14.4 Å². The van der Waals surface area contributed by atoms with Gasteiger partial charge in [0.25, 0.3) is 5.91 Å². The minimum atomic E-state index is -0.497. The Balaban J connectivity index is 1.39. The zero-order chi connectivity index (χ0) is 19.1. The van der Waals surface area contributed by atoms with E-state index in [1.807, 2.05) is 54.6 Å². The number of amides is 3. The van der Waals surface area contributed by atoms with Gasteiger partial charge in [0.1, 0.15) is 0 Å². The van der Waals surface area contributed by atoms with Crippen LogP contribution >= 0.6 is 0 Å². The number of fused-ring (bicyclic) bond motifs is 1. The van der Waals surface area contributed by atoms with Crippen molar-refractivity contribution in [3.8, 4) is 0 Å². The van der Waals surface area contributed by atoms with Gasteiger partial charge in [-0.3, -0.25) is 25.2 Å². The van der Waals surface area contributed by atoms with Crippen molar-refractivity contribution in [1.29, 1.82) is 0 Å². The van der Waals surface area contributed by atoms with Crippen molar-refractivity contribution in [2.45, 2.75) is 12.8 Å². The summed E-state index contributed by atoms with van der Waals surface area (Å²) in [5.74, 6) is -1.10. The molecule has 3 aromatic rings. The molecule has 1 heterocycles. The van der Waals surface area contributed by atoms with Gasteiger partial charge >= 0.3 is 0 Å². The third-order valence-corrected chi connectivity index (χ3v) is 4.02. The Morgan fingerprint density at radius 3 is 2.30 bits per heavy atom. The number of nitrogens with one attached hydrogen (secondary N) is 4. The summed E-state index contributed by atoms with van der Waals surface area (Å²) in [6.45, 7) is -0.209. The fourth-order valence-electron chi connectivity index (χ4n) is 2.70. The molecule has 0 aliphatic heterocycles. The molecule has 0 aliphatic rings. The van der Waals surface area contributed by atoms with Crippen LogP contribution in [0.1, 0.15) is 11.1 Å². The van der Waals surface area contributed by atoms with Crippen LogP contribution in [0.3, 0.4) is 0 Å². The van der Waals surface area contributed by atoms with Crippen LogP contribution in [0.5, 0.6) is 0 Å². The lowest BCUT2D eigenvalue weighted by molar-refractivity contribution is -0.129. The molecule has 3 rings (SSSR count). The van der Waals surface area contributed by atoms with E-state index in [9.17, 15) is 14.4 Å². The Labute approximate surface area is 156 Å². The molecule has 7 heteroatoms. The number of hydrazine groups is 1. The summed E-state index contributed by atoms with van der Waals surface area (Å²) in [5, 5.41) is 3.48. The minimum absolute atomic E-state index is 0.130. The van der Waals surface area contributed by atoms with E-state index in [0.717, 1.165) is 22.0 Å². The molecule has 0 fully saturated rings. The number of para-hydroxylation sites is 1. The predicted octanol–water partition coefficient (Wildman–Crippen LogP) is 1.22. The second-order valence-electron chi connectivity index (χ2n) is 6.07. The van der Waals surface area contributed by atoms with Gasteiger partial charge in [0.05, 0.1) is 19.4 Å². The van der Waals surface area contributed by atoms with Gasteiger partial charge in [-0.2, -0.15) is 0 Å². The van der Waals surface area contributed by atoms with Crippen LogP contribution in [0.15, 0.2) is 60.8 Å². The van der Waals surface area contributed by atoms with E-state index in [4.69, 9.17) is 0 Å². The standard InChI is InChI=1S/C20H20N4O3/c25-18(10-14-6-2-1-3-7-14)22-13-20(27)24-23-19(26)11-15-12-21-17-9-5-4-8-16(15)17/h1-9,12,21H,10-11,13H2,(H,22,25)(H,23,26)(H,24,27). The van der Waals surface area contributed by atoms with Gasteiger partial charge in [-0.1, -0.05) is 48.5 Å². The maximum Gasteiger partial charge on any atom is 0.257 e. The predicted molar refractivity (Wildman–Crippen MR) is 101 cm³/mol. The highest BCUT2D eigenvalue weighted by Crippen LogP contribution is 2.17. The average Bonchev–Trinajstić information content (AvgIpc) is 3.08. The summed E-state index contributed by atoms with van der Waals surface area (Å²) in [4.78, 5) is 38.7. The number of H-pyrrole nitrogens is 1. The molecular weight excluding hydrogens is 344 g/mol. The summed E-state index contributed by atoms with van der Waals surface area (Å²) in [6.07, 6.45) is 2.10. The maximum absolute atomic E-state index is 12.0. The molecule has 7 nitrogen and oxygen atoms in total. The van der Waals surface area contributed by atoms with E-state index in [0.29, 0.717) is 0 Å². The van der Waals surface area contributed by atoms with Crippen molar-refractivity contribution in [3.63, 3.8) is 0 Å². The van der Waals surface area contributed by atoms with Crippen LogP contribution in [-0.2, 0) is 27.2 Å². The molecule has 0 bridgehead atoms. The van der Waals surface area contributed by atoms with Crippen molar-refractivity contribution in [2.75, 3.05) is 6.54 Å². The van der Waals surface area contributed by atoms with E-state index < -0.39 is 5.91 Å². The Kier molecular flexibility index (Phi) is 5.84. The molecule has 0 radical (unpaired) electrons. The smallest absolute Gasteiger partial charge is 0.257 e. The van der Waals surface area contributed by atoms with E-state index in [1.54, 1.807) is 6.20 Å². The number of rotatable bonds is 6. The largest absolute Gasteiger partial charge is 0.361 e. The molecule has 1 aromatic heterocycles. The lowest BCUT2D eigenvalue weighted by Gasteiger charge is -2.08. The van der Waals surface area contributed by atoms with Crippen LogP contribution in [0.4, 0.5) is 0 Å². The highest BCUT2D eigenvalue weighted by molar-refractivity contribution is 5.90. The molecule has 138 valence electrons. The van der Waals surface area contributed by atoms with E-state index in [2.05, 4.69) is 21.2 Å². The molecule has 0 spiro atoms. The van der Waals surface area contributed by atoms with Crippen molar-refractivity contribution in [3.05, 3.63) is 71.9 Å². The van der Waals surface area contributed by atoms with Crippen molar-refractivity contribution in [1.82, 2.24) is 21.2 Å². The third kappa shape index (κ3) is 5.18. The number of hydrogen-bond donors (Lipinski definition) is 4. The molecule has 0 saturated carbocycles. The molecular formula is C20H20N4O3. The first-order valence-electron chi connectivity index (χ1n) is 8.55. The summed E-state index contributed by atoms with van der Waals surface area (Å²) >= 11 is 0. The lowest BCUT2D eigenvalue weighted by atomic mass is 10.1. The van der Waals surface area contributed by atoms with Gasteiger partial charge in [0.2, 0.25) is 11.8 Å². The van der Waals surface area contributed by atoms with E-state index in [-0.39, 0.29) is 31.2 Å². The van der Waals surface area contributed by atoms with Gasteiger partial charge < -0.3 is 10.3 Å². The normalized spacial score (nSPS) is 10.4. The monoisotopic (exact) mass is 364 g/mol. The Morgan fingerprint density at radius 2 is 1.48 bits per heavy atom. The van der Waals surface area contributed by atoms with E-state index >= 15 is 0 Å².